The van der Waals surface area contributed by atoms with E-state index in [9.17, 15) is 14.0 Å². The predicted octanol–water partition coefficient (Wildman–Crippen LogP) is 3.52. The highest BCUT2D eigenvalue weighted by atomic mass is 19.1. The van der Waals surface area contributed by atoms with Crippen molar-refractivity contribution in [1.29, 1.82) is 0 Å². The van der Waals surface area contributed by atoms with Gasteiger partial charge in [0.25, 0.3) is 0 Å². The third kappa shape index (κ3) is 5.39. The summed E-state index contributed by atoms with van der Waals surface area (Å²) in [6, 6.07) is 7.20. The van der Waals surface area contributed by atoms with Crippen molar-refractivity contribution in [2.45, 2.75) is 88.9 Å². The average molecular weight is 416 g/mol. The maximum Gasteiger partial charge on any atom is 0.234 e. The van der Waals surface area contributed by atoms with E-state index in [1.54, 1.807) is 12.1 Å². The third-order valence-corrected chi connectivity index (χ3v) is 7.18. The molecule has 1 aromatic rings. The fraction of sp³-hybridized carbons (Fsp3) is 0.667. The van der Waals surface area contributed by atoms with Crippen LogP contribution in [-0.4, -0.2) is 41.4 Å². The molecule has 0 aromatic heterocycles. The number of fused-ring (bicyclic) bond motifs is 2. The average Bonchev–Trinajstić information content (AvgIpc) is 2.74. The number of benzene rings is 1. The highest BCUT2D eigenvalue weighted by molar-refractivity contribution is 5.79. The zero-order chi connectivity index (χ0) is 20.9. The first-order valence-electron chi connectivity index (χ1n) is 11.7. The summed E-state index contributed by atoms with van der Waals surface area (Å²) in [5.74, 6) is 0.203. The standard InChI is InChI=1S/C24H34FN3O2/c25-19-11-9-17(10-12-19)15-26-23(29)16-28-21-7-4-8-22(28)14-20(13-21)27-24(30)18-5-2-1-3-6-18/h9-12,18,20-22H,1-8,13-16H2,(H,26,29)(H,27,30)/t21-,22-/m1/s1. The van der Waals surface area contributed by atoms with Crippen LogP contribution in [0.1, 0.15) is 69.8 Å². The number of nitrogens with one attached hydrogen (secondary N) is 2. The summed E-state index contributed by atoms with van der Waals surface area (Å²) < 4.78 is 13.0. The van der Waals surface area contributed by atoms with Crippen molar-refractivity contribution in [3.63, 3.8) is 0 Å². The Bertz CT molecular complexity index is 718. The second kappa shape index (κ2) is 9.90. The van der Waals surface area contributed by atoms with Gasteiger partial charge in [-0.05, 0) is 56.2 Å². The van der Waals surface area contributed by atoms with Crippen LogP contribution in [0.3, 0.4) is 0 Å². The number of hydrogen-bond acceptors (Lipinski definition) is 3. The van der Waals surface area contributed by atoms with Gasteiger partial charge in [-0.1, -0.05) is 37.8 Å². The maximum atomic E-state index is 13.0. The first kappa shape index (κ1) is 21.3. The molecular formula is C24H34FN3O2. The van der Waals surface area contributed by atoms with Crippen LogP contribution < -0.4 is 10.6 Å². The van der Waals surface area contributed by atoms with Crippen molar-refractivity contribution in [3.8, 4) is 0 Å². The van der Waals surface area contributed by atoms with Crippen LogP contribution in [0.2, 0.25) is 0 Å². The Balaban J connectivity index is 1.27. The van der Waals surface area contributed by atoms with E-state index in [-0.39, 0.29) is 29.6 Å². The van der Waals surface area contributed by atoms with E-state index in [1.165, 1.54) is 37.8 Å². The van der Waals surface area contributed by atoms with Crippen molar-refractivity contribution in [2.75, 3.05) is 6.54 Å². The molecule has 4 rings (SSSR count). The van der Waals surface area contributed by atoms with Gasteiger partial charge in [0.1, 0.15) is 5.82 Å². The minimum Gasteiger partial charge on any atom is -0.353 e. The van der Waals surface area contributed by atoms with E-state index in [2.05, 4.69) is 15.5 Å². The number of piperidine rings is 2. The number of nitrogens with zero attached hydrogens (tertiary/aromatic N) is 1. The summed E-state index contributed by atoms with van der Waals surface area (Å²) >= 11 is 0. The third-order valence-electron chi connectivity index (χ3n) is 7.18. The Labute approximate surface area is 178 Å². The van der Waals surface area contributed by atoms with Crippen LogP contribution in [0.25, 0.3) is 0 Å². The summed E-state index contributed by atoms with van der Waals surface area (Å²) in [6.07, 6.45) is 11.0. The summed E-state index contributed by atoms with van der Waals surface area (Å²) in [6.45, 7) is 0.822. The summed E-state index contributed by atoms with van der Waals surface area (Å²) in [5.41, 5.74) is 0.897. The van der Waals surface area contributed by atoms with Gasteiger partial charge in [0.2, 0.25) is 11.8 Å². The topological polar surface area (TPSA) is 61.4 Å². The van der Waals surface area contributed by atoms with Crippen molar-refractivity contribution in [3.05, 3.63) is 35.6 Å². The summed E-state index contributed by atoms with van der Waals surface area (Å²) in [4.78, 5) is 27.6. The quantitative estimate of drug-likeness (QED) is 0.747. The number of halogens is 1. The largest absolute Gasteiger partial charge is 0.353 e. The molecule has 0 spiro atoms. The molecule has 6 heteroatoms. The van der Waals surface area contributed by atoms with Crippen molar-refractivity contribution in [1.82, 2.24) is 15.5 Å². The number of hydrogen-bond donors (Lipinski definition) is 2. The molecule has 2 heterocycles. The Morgan fingerprint density at radius 3 is 2.27 bits per heavy atom. The van der Waals surface area contributed by atoms with Crippen LogP contribution in [0, 0.1) is 11.7 Å². The number of carbonyl (C=O) groups is 2. The monoisotopic (exact) mass is 415 g/mol. The van der Waals surface area contributed by atoms with Gasteiger partial charge in [0, 0.05) is 30.6 Å². The molecule has 2 saturated heterocycles. The number of rotatable bonds is 6. The highest BCUT2D eigenvalue weighted by Crippen LogP contribution is 2.34. The fourth-order valence-electron chi connectivity index (χ4n) is 5.56. The minimum absolute atomic E-state index is 0.0147. The molecule has 2 aliphatic heterocycles. The van der Waals surface area contributed by atoms with E-state index >= 15 is 0 Å². The Hall–Kier alpha value is -1.95. The summed E-state index contributed by atoms with van der Waals surface area (Å²) in [5, 5.41) is 6.31. The molecular weight excluding hydrogens is 381 g/mol. The molecule has 1 aliphatic carbocycles. The van der Waals surface area contributed by atoms with Crippen LogP contribution in [0.4, 0.5) is 4.39 Å². The molecule has 2 atom stereocenters. The lowest BCUT2D eigenvalue weighted by Gasteiger charge is -2.48. The molecule has 1 saturated carbocycles. The predicted molar refractivity (Wildman–Crippen MR) is 114 cm³/mol. The van der Waals surface area contributed by atoms with E-state index < -0.39 is 0 Å². The molecule has 2 bridgehead atoms. The number of carbonyl (C=O) groups excluding carboxylic acids is 2. The van der Waals surface area contributed by atoms with Gasteiger partial charge in [-0.15, -0.1) is 0 Å². The van der Waals surface area contributed by atoms with Gasteiger partial charge in [0.05, 0.1) is 6.54 Å². The molecule has 1 aromatic carbocycles. The number of amides is 2. The Morgan fingerprint density at radius 2 is 1.60 bits per heavy atom. The molecule has 2 N–H and O–H groups in total. The van der Waals surface area contributed by atoms with Gasteiger partial charge < -0.3 is 10.6 Å². The maximum absolute atomic E-state index is 13.0. The van der Waals surface area contributed by atoms with Crippen molar-refractivity contribution >= 4 is 11.8 Å². The minimum atomic E-state index is -0.267. The molecule has 5 nitrogen and oxygen atoms in total. The van der Waals surface area contributed by atoms with Gasteiger partial charge in [-0.25, -0.2) is 4.39 Å². The summed E-state index contributed by atoms with van der Waals surface area (Å²) in [7, 11) is 0. The smallest absolute Gasteiger partial charge is 0.234 e. The zero-order valence-corrected chi connectivity index (χ0v) is 17.7. The lowest BCUT2D eigenvalue weighted by Crippen LogP contribution is -2.59. The molecule has 30 heavy (non-hydrogen) atoms. The van der Waals surface area contributed by atoms with Crippen LogP contribution in [0.15, 0.2) is 24.3 Å². The van der Waals surface area contributed by atoms with E-state index in [0.717, 1.165) is 44.1 Å². The van der Waals surface area contributed by atoms with Gasteiger partial charge in [-0.3, -0.25) is 14.5 Å². The van der Waals surface area contributed by atoms with E-state index in [4.69, 9.17) is 0 Å². The van der Waals surface area contributed by atoms with Gasteiger partial charge in [-0.2, -0.15) is 0 Å². The fourth-order valence-corrected chi connectivity index (χ4v) is 5.56. The Morgan fingerprint density at radius 1 is 0.933 bits per heavy atom. The van der Waals surface area contributed by atoms with E-state index in [0.29, 0.717) is 25.2 Å². The lowest BCUT2D eigenvalue weighted by molar-refractivity contribution is -0.129. The van der Waals surface area contributed by atoms with E-state index in [1.807, 2.05) is 0 Å². The molecule has 3 fully saturated rings. The van der Waals surface area contributed by atoms with Crippen LogP contribution in [-0.2, 0) is 16.1 Å². The highest BCUT2D eigenvalue weighted by Gasteiger charge is 2.39. The SMILES string of the molecule is O=C(CN1[C@@H]2CCC[C@@H]1CC(NC(=O)C1CCCCC1)C2)NCc1ccc(F)cc1. The van der Waals surface area contributed by atoms with Gasteiger partial charge in [0.15, 0.2) is 0 Å². The lowest BCUT2D eigenvalue weighted by atomic mass is 9.81. The molecule has 3 aliphatic rings. The second-order valence-electron chi connectivity index (χ2n) is 9.33. The first-order chi connectivity index (χ1) is 14.6. The molecule has 164 valence electrons. The second-order valence-corrected chi connectivity index (χ2v) is 9.33. The van der Waals surface area contributed by atoms with Crippen LogP contribution in [0.5, 0.6) is 0 Å². The first-order valence-corrected chi connectivity index (χ1v) is 11.7. The molecule has 0 unspecified atom stereocenters. The normalized spacial score (nSPS) is 27.4. The van der Waals surface area contributed by atoms with Crippen molar-refractivity contribution in [2.24, 2.45) is 5.92 Å². The van der Waals surface area contributed by atoms with Crippen molar-refractivity contribution < 1.29 is 14.0 Å². The zero-order valence-electron chi connectivity index (χ0n) is 17.7. The Kier molecular flexibility index (Phi) is 7.03. The molecule has 0 radical (unpaired) electrons. The van der Waals surface area contributed by atoms with Gasteiger partial charge >= 0.3 is 0 Å². The molecule has 2 amide bonds. The van der Waals surface area contributed by atoms with Crippen LogP contribution >= 0.6 is 0 Å².